The molecule has 28 nitrogen and oxygen atoms in total. The molecule has 1 saturated heterocycles. The highest BCUT2D eigenvalue weighted by Crippen LogP contribution is 2.31. The van der Waals surface area contributed by atoms with Crippen LogP contribution in [0.5, 0.6) is 0 Å². The number of aliphatic carboxylic acids is 1. The third-order valence-corrected chi connectivity index (χ3v) is 17.9. The molecule has 532 valence electrons. The number of aromatic nitrogens is 3. The fourth-order valence-electron chi connectivity index (χ4n) is 12.2. The first-order valence-corrected chi connectivity index (χ1v) is 33.0. The molecule has 0 bridgehead atoms. The molecular weight excluding hydrogens is 1240 g/mol. The van der Waals surface area contributed by atoms with E-state index in [1.807, 2.05) is 32.0 Å². The average Bonchev–Trinajstić information content (AvgIpc) is 1.07. The predicted octanol–water partition coefficient (Wildman–Crippen LogP) is 3.63. The van der Waals surface area contributed by atoms with E-state index in [2.05, 4.69) is 36.6 Å². The molecule has 3 aromatic rings. The van der Waals surface area contributed by atoms with Gasteiger partial charge in [-0.3, -0.25) is 53.0 Å². The number of ether oxygens (including phenoxy) is 3. The number of likely N-dealkylation sites (N-methyl/N-ethyl adjacent to an activating group) is 2. The Hall–Kier alpha value is -8.37. The maximum atomic E-state index is 14.8. The smallest absolute Gasteiger partial charge is 0.410 e. The summed E-state index contributed by atoms with van der Waals surface area (Å²) in [7, 11) is 6.06. The molecule has 0 aliphatic carbocycles. The Bertz CT molecular complexity index is 3100. The molecule has 13 atom stereocenters. The van der Waals surface area contributed by atoms with Crippen LogP contribution >= 0.6 is 0 Å². The van der Waals surface area contributed by atoms with E-state index in [1.54, 1.807) is 116 Å². The van der Waals surface area contributed by atoms with Gasteiger partial charge in [0.2, 0.25) is 35.4 Å². The SMILES string of the molecule is CC[C@H](C)[C@@H]([C@@H](CC(=O)N1CCC[C@H]1[C@H](OC)[C@@H](C)C(=O)N[C@H](C)[C@@H](O)c1ccccc1)OC)N(C)C(=O)[C@@H](NC(=O)[C@H](C(C)C)N(C)C(=O)OCc1ccc(CC(=O)[C@H](CN=C(N)N)NC(=O)[C@@H](CC(=O)[C@H](CCC(=O)O)NC(=O)Cn2cc(C)nn2)C(C)C)cc1)C(C)C. The van der Waals surface area contributed by atoms with Crippen LogP contribution in [0.4, 0.5) is 4.79 Å². The summed E-state index contributed by atoms with van der Waals surface area (Å²) in [6.45, 7) is 19.2. The van der Waals surface area contributed by atoms with E-state index in [-0.39, 0.29) is 62.7 Å². The molecule has 2 heterocycles. The van der Waals surface area contributed by atoms with Crippen molar-refractivity contribution in [3.63, 3.8) is 0 Å². The number of guanidine groups is 1. The van der Waals surface area contributed by atoms with Crippen molar-refractivity contribution in [2.45, 2.75) is 201 Å². The lowest BCUT2D eigenvalue weighted by Crippen LogP contribution is -2.60. The van der Waals surface area contributed by atoms with Crippen molar-refractivity contribution >= 4 is 65.0 Å². The molecule has 4 rings (SSSR count). The molecule has 1 aliphatic heterocycles. The summed E-state index contributed by atoms with van der Waals surface area (Å²) < 4.78 is 19.0. The molecule has 0 spiro atoms. The third-order valence-electron chi connectivity index (χ3n) is 17.9. The second-order valence-corrected chi connectivity index (χ2v) is 26.2. The molecule has 1 fully saturated rings. The summed E-state index contributed by atoms with van der Waals surface area (Å²) >= 11 is 0. The van der Waals surface area contributed by atoms with Crippen LogP contribution < -0.4 is 32.7 Å². The number of nitrogens with zero attached hydrogens (tertiary/aromatic N) is 7. The minimum absolute atomic E-state index is 0.0979. The first kappa shape index (κ1) is 80.1. The zero-order valence-corrected chi connectivity index (χ0v) is 58.5. The molecular formula is C68H105N13O15. The van der Waals surface area contributed by atoms with Gasteiger partial charge < -0.3 is 67.0 Å². The lowest BCUT2D eigenvalue weighted by Gasteiger charge is -2.41. The number of carbonyl (C=O) groups is 10. The minimum atomic E-state index is -1.25. The molecule has 0 saturated carbocycles. The van der Waals surface area contributed by atoms with Crippen molar-refractivity contribution in [1.29, 1.82) is 0 Å². The van der Waals surface area contributed by atoms with Crippen LogP contribution in [0.25, 0.3) is 0 Å². The summed E-state index contributed by atoms with van der Waals surface area (Å²) in [5.41, 5.74) is 13.5. The minimum Gasteiger partial charge on any atom is -0.481 e. The molecule has 1 aromatic heterocycles. The second kappa shape index (κ2) is 38.4. The van der Waals surface area contributed by atoms with Gasteiger partial charge in [0.05, 0.1) is 67.1 Å². The number of aliphatic hydroxyl groups is 1. The van der Waals surface area contributed by atoms with Gasteiger partial charge in [-0.1, -0.05) is 129 Å². The van der Waals surface area contributed by atoms with Gasteiger partial charge in [-0.05, 0) is 73.5 Å². The summed E-state index contributed by atoms with van der Waals surface area (Å²) in [5, 5.41) is 39.2. The van der Waals surface area contributed by atoms with Crippen LogP contribution in [0.3, 0.4) is 0 Å². The highest BCUT2D eigenvalue weighted by atomic mass is 16.6. The Morgan fingerprint density at radius 1 is 0.760 bits per heavy atom. The van der Waals surface area contributed by atoms with Crippen LogP contribution in [-0.2, 0) is 76.9 Å². The highest BCUT2D eigenvalue weighted by molar-refractivity contribution is 5.96. The summed E-state index contributed by atoms with van der Waals surface area (Å²) in [6.07, 6.45) is -1.23. The van der Waals surface area contributed by atoms with E-state index in [9.17, 15) is 58.2 Å². The summed E-state index contributed by atoms with van der Waals surface area (Å²) in [6, 6.07) is 9.22. The number of benzene rings is 2. The van der Waals surface area contributed by atoms with Gasteiger partial charge >= 0.3 is 12.1 Å². The van der Waals surface area contributed by atoms with Gasteiger partial charge in [-0.15, -0.1) is 5.10 Å². The number of Topliss-reactive ketones (excluding diaryl/α,β-unsaturated/α-hetero) is 2. The number of carboxylic acids is 1. The number of hydrogen-bond acceptors (Lipinski definition) is 17. The van der Waals surface area contributed by atoms with E-state index in [0.29, 0.717) is 48.2 Å². The monoisotopic (exact) mass is 1340 g/mol. The number of nitrogens with one attached hydrogen (secondary N) is 4. The van der Waals surface area contributed by atoms with Crippen LogP contribution in [0.15, 0.2) is 65.8 Å². The largest absolute Gasteiger partial charge is 0.481 e. The van der Waals surface area contributed by atoms with Gasteiger partial charge in [0, 0.05) is 66.2 Å². The van der Waals surface area contributed by atoms with Crippen LogP contribution in [0.2, 0.25) is 0 Å². The fourth-order valence-corrected chi connectivity index (χ4v) is 12.2. The number of rotatable bonds is 39. The number of hydrogen-bond donors (Lipinski definition) is 8. The van der Waals surface area contributed by atoms with Crippen molar-refractivity contribution in [3.8, 4) is 0 Å². The number of amides is 7. The van der Waals surface area contributed by atoms with Crippen molar-refractivity contribution in [3.05, 3.63) is 83.2 Å². The number of aliphatic hydroxyl groups excluding tert-OH is 1. The van der Waals surface area contributed by atoms with E-state index >= 15 is 0 Å². The Kier molecular flexibility index (Phi) is 32.0. The average molecular weight is 1340 g/mol. The highest BCUT2D eigenvalue weighted by Gasteiger charge is 2.44. The van der Waals surface area contributed by atoms with Gasteiger partial charge in [-0.2, -0.15) is 0 Å². The maximum Gasteiger partial charge on any atom is 0.410 e. The maximum absolute atomic E-state index is 14.8. The molecule has 10 N–H and O–H groups in total. The Labute approximate surface area is 564 Å². The van der Waals surface area contributed by atoms with E-state index in [1.165, 1.54) is 37.0 Å². The van der Waals surface area contributed by atoms with Crippen molar-refractivity contribution in [2.24, 2.45) is 52.0 Å². The fraction of sp³-hybridized carbons (Fsp3) is 0.632. The topological polar surface area (TPSA) is 392 Å². The molecule has 2 aromatic carbocycles. The van der Waals surface area contributed by atoms with Crippen LogP contribution in [-0.4, -0.2) is 201 Å². The van der Waals surface area contributed by atoms with Gasteiger partial charge in [0.25, 0.3) is 0 Å². The number of ketones is 2. The van der Waals surface area contributed by atoms with E-state index in [0.717, 1.165) is 0 Å². The van der Waals surface area contributed by atoms with Crippen molar-refractivity contribution < 1.29 is 72.4 Å². The summed E-state index contributed by atoms with van der Waals surface area (Å²) in [4.78, 5) is 146. The third kappa shape index (κ3) is 23.5. The Morgan fingerprint density at radius 2 is 1.41 bits per heavy atom. The number of methoxy groups -OCH3 is 2. The predicted molar refractivity (Wildman–Crippen MR) is 358 cm³/mol. The van der Waals surface area contributed by atoms with E-state index in [4.69, 9.17) is 25.7 Å². The lowest BCUT2D eigenvalue weighted by atomic mass is 9.87. The first-order chi connectivity index (χ1) is 45.2. The van der Waals surface area contributed by atoms with Gasteiger partial charge in [-0.25, -0.2) is 9.48 Å². The quantitative estimate of drug-likeness (QED) is 0.0298. The van der Waals surface area contributed by atoms with Crippen molar-refractivity contribution in [1.82, 2.24) is 51.0 Å². The molecule has 28 heteroatoms. The molecule has 0 unspecified atom stereocenters. The molecule has 96 heavy (non-hydrogen) atoms. The van der Waals surface area contributed by atoms with Gasteiger partial charge in [0.1, 0.15) is 31.3 Å². The zero-order valence-electron chi connectivity index (χ0n) is 58.5. The lowest BCUT2D eigenvalue weighted by molar-refractivity contribution is -0.148. The number of aliphatic imine (C=N–C) groups is 1. The van der Waals surface area contributed by atoms with Crippen LogP contribution in [0, 0.1) is 42.4 Å². The number of carboxylic acid groups (broad SMARTS) is 1. The number of carbonyl (C=O) groups excluding carboxylic acids is 9. The second-order valence-electron chi connectivity index (χ2n) is 26.2. The van der Waals surface area contributed by atoms with E-state index < -0.39 is 150 Å². The van der Waals surface area contributed by atoms with Gasteiger partial charge in [0.15, 0.2) is 17.5 Å². The van der Waals surface area contributed by atoms with Crippen molar-refractivity contribution in [2.75, 3.05) is 41.4 Å². The van der Waals surface area contributed by atoms with Crippen LogP contribution in [0.1, 0.15) is 143 Å². The normalized spacial score (nSPS) is 16.9. The zero-order chi connectivity index (χ0) is 71.8. The molecule has 0 radical (unpaired) electrons. The number of aryl methyl sites for hydroxylation is 1. The summed E-state index contributed by atoms with van der Waals surface area (Å²) in [5.74, 6) is -8.76. The Balaban J connectivity index is 1.40. The molecule has 1 aliphatic rings. The first-order valence-electron chi connectivity index (χ1n) is 33.0. The molecule has 7 amide bonds. The standard InChI is InChI=1S/C68H105N13O15/c1-16-41(8)60(54(94-14)33-56(85)81-30-20-23-51(81)62(95-15)43(10)63(89)72-44(11)61(88)47-21-18-17-19-22-47)78(12)66(92)58(39(4)5)75-65(91)59(40(6)7)79(13)68(93)96-37-46-26-24-45(25-27-46)31-52(82)50(34-71-67(69)70)74-64(90)48(38(2)3)32-53(83)49(28-29-57(86)87)73-55(84)36-80-35-42(9)76-77-80/h17-19,21-22,24-27,35,38-41,43-44,48-51,54,58-62,88H,16,20,23,28-34,36-37H2,1-15H3,(H,72,89)(H,73,84)(H,74,90)(H,75,91)(H,86,87)(H4,69,70,71)/t41-,43+,44+,48-,49-,50-,51-,54+,58-,59-,60-,61+,62+/m0/s1. The number of nitrogens with two attached hydrogens (primary N) is 2. The number of likely N-dealkylation sites (tertiary alicyclic amines) is 1. The Morgan fingerprint density at radius 3 is 1.96 bits per heavy atom.